The lowest BCUT2D eigenvalue weighted by molar-refractivity contribution is 0.110. The topological polar surface area (TPSA) is 27.7 Å². The van der Waals surface area contributed by atoms with Crippen molar-refractivity contribution in [1.29, 1.82) is 0 Å². The highest BCUT2D eigenvalue weighted by atomic mass is 28.4. The molecule has 0 spiro atoms. The molecule has 0 unspecified atom stereocenters. The molecule has 2 aromatic rings. The third-order valence-electron chi connectivity index (χ3n) is 3.86. The quantitative estimate of drug-likeness (QED) is 0.559. The van der Waals surface area contributed by atoms with Crippen molar-refractivity contribution >= 4 is 21.0 Å². The van der Waals surface area contributed by atoms with Crippen molar-refractivity contribution in [3.05, 3.63) is 83.9 Å². The van der Waals surface area contributed by atoms with Crippen molar-refractivity contribution in [1.82, 2.24) is 0 Å². The summed E-state index contributed by atoms with van der Waals surface area (Å²) in [4.78, 5) is 0. The van der Waals surface area contributed by atoms with Crippen LogP contribution in [0.1, 0.15) is 17.5 Å². The molecule has 132 valence electrons. The van der Waals surface area contributed by atoms with Gasteiger partial charge in [0.25, 0.3) is 0 Å². The van der Waals surface area contributed by atoms with E-state index < -0.39 is 8.80 Å². The molecule has 0 amide bonds. The van der Waals surface area contributed by atoms with Crippen LogP contribution in [0.3, 0.4) is 0 Å². The summed E-state index contributed by atoms with van der Waals surface area (Å²) in [5.74, 6) is 0. The second kappa shape index (κ2) is 10.8. The third kappa shape index (κ3) is 6.80. The van der Waals surface area contributed by atoms with Gasteiger partial charge in [-0.2, -0.15) is 0 Å². The molecule has 0 radical (unpaired) electrons. The third-order valence-corrected chi connectivity index (χ3v) is 6.61. The maximum absolute atomic E-state index is 5.98. The summed E-state index contributed by atoms with van der Waals surface area (Å²) in [6.45, 7) is 0.477. The molecule has 0 aromatic heterocycles. The zero-order valence-electron chi connectivity index (χ0n) is 14.9. The van der Waals surface area contributed by atoms with Gasteiger partial charge in [-0.25, -0.2) is 0 Å². The van der Waals surface area contributed by atoms with Crippen molar-refractivity contribution in [2.24, 2.45) is 0 Å². The number of rotatable bonds is 10. The van der Waals surface area contributed by atoms with E-state index in [1.165, 1.54) is 5.56 Å². The fraction of sp³-hybridized carbons (Fsp3) is 0.238. The van der Waals surface area contributed by atoms with Crippen molar-refractivity contribution in [3.63, 3.8) is 0 Å². The smallest absolute Gasteiger partial charge is 0.377 e. The van der Waals surface area contributed by atoms with Crippen LogP contribution in [0.4, 0.5) is 0 Å². The summed E-state index contributed by atoms with van der Waals surface area (Å²) in [7, 11) is 0.706. The summed E-state index contributed by atoms with van der Waals surface area (Å²) >= 11 is 0. The van der Waals surface area contributed by atoms with E-state index in [1.807, 2.05) is 48.6 Å². The fourth-order valence-corrected chi connectivity index (χ4v) is 4.27. The van der Waals surface area contributed by atoms with Crippen molar-refractivity contribution in [2.45, 2.75) is 12.5 Å². The largest absolute Gasteiger partial charge is 0.501 e. The van der Waals surface area contributed by atoms with Gasteiger partial charge in [0.2, 0.25) is 0 Å². The van der Waals surface area contributed by atoms with Gasteiger partial charge in [0.15, 0.2) is 0 Å². The first kappa shape index (κ1) is 19.3. The summed E-state index contributed by atoms with van der Waals surface area (Å²) in [5.41, 5.74) is 2.34. The van der Waals surface area contributed by atoms with Gasteiger partial charge in [-0.05, 0) is 17.5 Å². The van der Waals surface area contributed by atoms with Gasteiger partial charge in [-0.1, -0.05) is 85.0 Å². The lowest BCUT2D eigenvalue weighted by atomic mass is 10.2. The second-order valence-corrected chi connectivity index (χ2v) is 8.54. The van der Waals surface area contributed by atoms with Crippen LogP contribution in [0.2, 0.25) is 6.04 Å². The lowest BCUT2D eigenvalue weighted by Crippen LogP contribution is -2.43. The van der Waals surface area contributed by atoms with Crippen LogP contribution in [0.5, 0.6) is 0 Å². The van der Waals surface area contributed by atoms with Crippen molar-refractivity contribution < 1.29 is 13.3 Å². The number of hydrogen-bond donors (Lipinski definition) is 0. The highest BCUT2D eigenvalue weighted by molar-refractivity contribution is 6.60. The number of benzene rings is 2. The minimum absolute atomic E-state index is 0.477. The SMILES string of the molecule is CO[Si](CCC=Cc1ccccc1)(OC)OCC=Cc1ccccc1. The number of allylic oxidation sites excluding steroid dienone is 1. The predicted octanol–water partition coefficient (Wildman–Crippen LogP) is 5.05. The molecule has 0 saturated carbocycles. The molecule has 4 heteroatoms. The maximum atomic E-state index is 5.98. The monoisotopic (exact) mass is 354 g/mol. The van der Waals surface area contributed by atoms with Crippen LogP contribution < -0.4 is 0 Å². The average Bonchev–Trinajstić information content (AvgIpc) is 2.69. The Bertz CT molecular complexity index is 594. The highest BCUT2D eigenvalue weighted by Crippen LogP contribution is 2.17. The van der Waals surface area contributed by atoms with Crippen LogP contribution in [0.25, 0.3) is 12.2 Å². The summed E-state index contributed by atoms with van der Waals surface area (Å²) in [6.07, 6.45) is 9.14. The first-order chi connectivity index (χ1) is 12.3. The molecule has 25 heavy (non-hydrogen) atoms. The highest BCUT2D eigenvalue weighted by Gasteiger charge is 2.37. The van der Waals surface area contributed by atoms with Gasteiger partial charge >= 0.3 is 8.80 Å². The van der Waals surface area contributed by atoms with Gasteiger partial charge < -0.3 is 13.3 Å². The molecular formula is C21H26O3Si. The second-order valence-electron chi connectivity index (χ2n) is 5.57. The van der Waals surface area contributed by atoms with E-state index in [4.69, 9.17) is 13.3 Å². The van der Waals surface area contributed by atoms with E-state index in [1.54, 1.807) is 14.2 Å². The van der Waals surface area contributed by atoms with Crippen LogP contribution >= 0.6 is 0 Å². The molecule has 0 N–H and O–H groups in total. The van der Waals surface area contributed by atoms with E-state index in [2.05, 4.69) is 36.4 Å². The molecule has 0 aliphatic carbocycles. The van der Waals surface area contributed by atoms with Crippen LogP contribution in [-0.4, -0.2) is 29.6 Å². The minimum atomic E-state index is -2.62. The molecule has 0 saturated heterocycles. The van der Waals surface area contributed by atoms with Crippen LogP contribution in [0.15, 0.2) is 72.8 Å². The Hall–Kier alpha value is -1.98. The lowest BCUT2D eigenvalue weighted by Gasteiger charge is -2.25. The van der Waals surface area contributed by atoms with Crippen molar-refractivity contribution in [2.75, 3.05) is 20.8 Å². The van der Waals surface area contributed by atoms with Gasteiger partial charge in [0.1, 0.15) is 0 Å². The zero-order chi connectivity index (χ0) is 17.8. The molecule has 2 rings (SSSR count). The average molecular weight is 355 g/mol. The Balaban J connectivity index is 1.82. The van der Waals surface area contributed by atoms with Gasteiger partial charge in [-0.15, -0.1) is 0 Å². The zero-order valence-corrected chi connectivity index (χ0v) is 15.9. The van der Waals surface area contributed by atoms with Crippen LogP contribution in [-0.2, 0) is 13.3 Å². The molecule has 0 atom stereocenters. The summed E-state index contributed by atoms with van der Waals surface area (Å²) in [5, 5.41) is 0. The Morgan fingerprint density at radius 2 is 1.28 bits per heavy atom. The Kier molecular flexibility index (Phi) is 8.35. The molecule has 3 nitrogen and oxygen atoms in total. The van der Waals surface area contributed by atoms with Crippen LogP contribution in [0, 0.1) is 0 Å². The Morgan fingerprint density at radius 1 is 0.760 bits per heavy atom. The van der Waals surface area contributed by atoms with Crippen molar-refractivity contribution in [3.8, 4) is 0 Å². The van der Waals surface area contributed by atoms with Gasteiger partial charge in [-0.3, -0.25) is 0 Å². The first-order valence-electron chi connectivity index (χ1n) is 8.45. The molecular weight excluding hydrogens is 328 g/mol. The molecule has 0 aliphatic rings. The summed E-state index contributed by atoms with van der Waals surface area (Å²) in [6, 6.07) is 21.2. The van der Waals surface area contributed by atoms with E-state index in [0.717, 1.165) is 18.0 Å². The first-order valence-corrected chi connectivity index (χ1v) is 10.4. The minimum Gasteiger partial charge on any atom is -0.377 e. The summed E-state index contributed by atoms with van der Waals surface area (Å²) < 4.78 is 17.2. The van der Waals surface area contributed by atoms with E-state index >= 15 is 0 Å². The normalized spacial score (nSPS) is 12.2. The Morgan fingerprint density at radius 3 is 1.80 bits per heavy atom. The molecule has 0 aliphatic heterocycles. The Labute approximate surface area is 151 Å². The maximum Gasteiger partial charge on any atom is 0.501 e. The van der Waals surface area contributed by atoms with Gasteiger partial charge in [0, 0.05) is 20.3 Å². The number of hydrogen-bond acceptors (Lipinski definition) is 3. The van der Waals surface area contributed by atoms with E-state index in [9.17, 15) is 0 Å². The fourth-order valence-electron chi connectivity index (χ4n) is 2.44. The van der Waals surface area contributed by atoms with E-state index in [-0.39, 0.29) is 0 Å². The molecule has 0 heterocycles. The molecule has 0 bridgehead atoms. The van der Waals surface area contributed by atoms with Gasteiger partial charge in [0.05, 0.1) is 6.61 Å². The standard InChI is InChI=1S/C21H26O3Si/c1-22-25(23-2,19-10-9-16-20-12-5-3-6-13-20)24-18-11-17-21-14-7-4-8-15-21/h3-9,11-17H,10,18-19H2,1-2H3. The van der Waals surface area contributed by atoms with E-state index in [0.29, 0.717) is 6.61 Å². The molecule has 2 aromatic carbocycles. The predicted molar refractivity (Wildman–Crippen MR) is 106 cm³/mol. The molecule has 0 fully saturated rings.